The quantitative estimate of drug-likeness (QED) is 0.809. The Morgan fingerprint density at radius 3 is 2.38 bits per heavy atom. The minimum Gasteiger partial charge on any atom is -0.382 e. The molecule has 0 saturated heterocycles. The highest BCUT2D eigenvalue weighted by Crippen LogP contribution is 2.19. The second kappa shape index (κ2) is 7.38. The summed E-state index contributed by atoms with van der Waals surface area (Å²) >= 11 is 0. The van der Waals surface area contributed by atoms with E-state index in [9.17, 15) is 4.79 Å². The monoisotopic (exact) mass is 292 g/mol. The number of hydrogen-bond donors (Lipinski definition) is 2. The van der Waals surface area contributed by atoms with Gasteiger partial charge < -0.3 is 10.6 Å². The first-order valence-electron chi connectivity index (χ1n) is 7.80. The smallest absolute Gasteiger partial charge is 0.272 e. The molecule has 0 spiro atoms. The number of carbonyl (C=O) groups is 1. The van der Waals surface area contributed by atoms with Gasteiger partial charge in [-0.1, -0.05) is 27.7 Å². The third-order valence-corrected chi connectivity index (χ3v) is 3.88. The summed E-state index contributed by atoms with van der Waals surface area (Å²) in [5, 5.41) is 6.26. The van der Waals surface area contributed by atoms with E-state index in [0.29, 0.717) is 17.2 Å². The molecule has 0 aliphatic heterocycles. The zero-order valence-corrected chi connectivity index (χ0v) is 14.1. The topological polar surface area (TPSA) is 66.9 Å². The van der Waals surface area contributed by atoms with Gasteiger partial charge in [0.05, 0.1) is 11.9 Å². The van der Waals surface area contributed by atoms with Crippen molar-refractivity contribution >= 4 is 11.6 Å². The highest BCUT2D eigenvalue weighted by Gasteiger charge is 2.25. The van der Waals surface area contributed by atoms with Gasteiger partial charge in [-0.3, -0.25) is 4.79 Å². The summed E-state index contributed by atoms with van der Waals surface area (Å²) in [4.78, 5) is 21.4. The van der Waals surface area contributed by atoms with Crippen LogP contribution in [-0.4, -0.2) is 28.0 Å². The van der Waals surface area contributed by atoms with Crippen molar-refractivity contribution < 1.29 is 4.79 Å². The van der Waals surface area contributed by atoms with Crippen LogP contribution in [0.3, 0.4) is 0 Å². The fourth-order valence-electron chi connectivity index (χ4n) is 1.93. The van der Waals surface area contributed by atoms with Gasteiger partial charge in [-0.2, -0.15) is 0 Å². The number of rotatable bonds is 7. The van der Waals surface area contributed by atoms with Gasteiger partial charge in [0.1, 0.15) is 5.82 Å². The highest BCUT2D eigenvalue weighted by molar-refractivity contribution is 5.97. The summed E-state index contributed by atoms with van der Waals surface area (Å²) < 4.78 is 0. The van der Waals surface area contributed by atoms with Gasteiger partial charge in [-0.15, -0.1) is 0 Å². The molecule has 0 fully saturated rings. The summed E-state index contributed by atoms with van der Waals surface area (Å²) in [6, 6.07) is 0. The Kier molecular flexibility index (Phi) is 6.12. The van der Waals surface area contributed by atoms with Crippen LogP contribution < -0.4 is 10.6 Å². The molecular formula is C16H28N4O. The molecule has 1 heterocycles. The van der Waals surface area contributed by atoms with E-state index in [1.165, 1.54) is 0 Å². The Bertz CT molecular complexity index is 481. The van der Waals surface area contributed by atoms with Crippen LogP contribution in [0.4, 0.5) is 5.69 Å². The standard InChI is InChI=1S/C16H28N4O/c1-7-16(6,8-2)20-15(21)13-12(17-9-3)10-18-14(19-13)11(4)5/h10-11,17H,7-9H2,1-6H3,(H,20,21). The maximum atomic E-state index is 12.6. The third kappa shape index (κ3) is 4.41. The number of nitrogens with one attached hydrogen (secondary N) is 2. The maximum absolute atomic E-state index is 12.6. The van der Waals surface area contributed by atoms with Gasteiger partial charge >= 0.3 is 0 Å². The first kappa shape index (κ1) is 17.4. The average Bonchev–Trinajstić information content (AvgIpc) is 2.47. The maximum Gasteiger partial charge on any atom is 0.272 e. The largest absolute Gasteiger partial charge is 0.382 e. The number of amides is 1. The lowest BCUT2D eigenvalue weighted by Crippen LogP contribution is -2.45. The Hall–Kier alpha value is -1.65. The van der Waals surface area contributed by atoms with E-state index in [2.05, 4.69) is 41.4 Å². The molecule has 0 aliphatic rings. The predicted octanol–water partition coefficient (Wildman–Crippen LogP) is 3.34. The number of anilines is 1. The first-order chi connectivity index (χ1) is 9.86. The van der Waals surface area contributed by atoms with E-state index in [1.807, 2.05) is 20.8 Å². The van der Waals surface area contributed by atoms with Crippen LogP contribution >= 0.6 is 0 Å². The highest BCUT2D eigenvalue weighted by atomic mass is 16.2. The molecule has 2 N–H and O–H groups in total. The molecule has 118 valence electrons. The van der Waals surface area contributed by atoms with Crippen molar-refractivity contribution in [3.05, 3.63) is 17.7 Å². The minimum absolute atomic E-state index is 0.138. The zero-order valence-electron chi connectivity index (χ0n) is 14.1. The minimum atomic E-state index is -0.205. The summed E-state index contributed by atoms with van der Waals surface area (Å²) in [7, 11) is 0. The molecule has 0 aromatic carbocycles. The van der Waals surface area contributed by atoms with Crippen molar-refractivity contribution in [2.75, 3.05) is 11.9 Å². The van der Waals surface area contributed by atoms with Gasteiger partial charge in [0.25, 0.3) is 5.91 Å². The van der Waals surface area contributed by atoms with Gasteiger partial charge in [-0.05, 0) is 26.7 Å². The molecular weight excluding hydrogens is 264 g/mol. The van der Waals surface area contributed by atoms with E-state index < -0.39 is 0 Å². The molecule has 0 saturated carbocycles. The second-order valence-corrected chi connectivity index (χ2v) is 5.90. The van der Waals surface area contributed by atoms with E-state index in [1.54, 1.807) is 6.20 Å². The molecule has 5 nitrogen and oxygen atoms in total. The lowest BCUT2D eigenvalue weighted by atomic mass is 9.95. The molecule has 0 aliphatic carbocycles. The first-order valence-corrected chi connectivity index (χ1v) is 7.80. The Morgan fingerprint density at radius 1 is 1.29 bits per heavy atom. The van der Waals surface area contributed by atoms with Gasteiger partial charge in [0, 0.05) is 18.0 Å². The van der Waals surface area contributed by atoms with E-state index in [-0.39, 0.29) is 17.4 Å². The Morgan fingerprint density at radius 2 is 1.90 bits per heavy atom. The van der Waals surface area contributed by atoms with E-state index in [4.69, 9.17) is 0 Å². The van der Waals surface area contributed by atoms with E-state index >= 15 is 0 Å². The fraction of sp³-hybridized carbons (Fsp3) is 0.688. The van der Waals surface area contributed by atoms with Crippen molar-refractivity contribution in [1.29, 1.82) is 0 Å². The molecule has 21 heavy (non-hydrogen) atoms. The van der Waals surface area contributed by atoms with Crippen LogP contribution in [0.1, 0.15) is 76.6 Å². The molecule has 1 amide bonds. The number of hydrogen-bond acceptors (Lipinski definition) is 4. The van der Waals surface area contributed by atoms with Gasteiger partial charge in [0.15, 0.2) is 5.69 Å². The predicted molar refractivity (Wildman–Crippen MR) is 86.7 cm³/mol. The summed E-state index contributed by atoms with van der Waals surface area (Å²) in [5.41, 5.74) is 0.918. The Labute approximate surface area is 128 Å². The number of carbonyl (C=O) groups excluding carboxylic acids is 1. The molecule has 0 unspecified atom stereocenters. The van der Waals surface area contributed by atoms with Crippen molar-refractivity contribution in [3.63, 3.8) is 0 Å². The number of aromatic nitrogens is 2. The summed E-state index contributed by atoms with van der Waals surface area (Å²) in [5.74, 6) is 0.744. The molecule has 0 bridgehead atoms. The molecule has 1 aromatic heterocycles. The van der Waals surface area contributed by atoms with Crippen molar-refractivity contribution in [2.24, 2.45) is 0 Å². The lowest BCUT2D eigenvalue weighted by Gasteiger charge is -2.28. The van der Waals surface area contributed by atoms with Crippen molar-refractivity contribution in [3.8, 4) is 0 Å². The van der Waals surface area contributed by atoms with Crippen LogP contribution in [0.15, 0.2) is 6.20 Å². The van der Waals surface area contributed by atoms with Crippen LogP contribution in [0.25, 0.3) is 0 Å². The van der Waals surface area contributed by atoms with Crippen molar-refractivity contribution in [2.45, 2.75) is 65.8 Å². The molecule has 1 rings (SSSR count). The SMILES string of the molecule is CCNc1cnc(C(C)C)nc1C(=O)NC(C)(CC)CC. The number of nitrogens with zero attached hydrogens (tertiary/aromatic N) is 2. The molecule has 5 heteroatoms. The van der Waals surface area contributed by atoms with Crippen LogP contribution in [0.5, 0.6) is 0 Å². The molecule has 0 atom stereocenters. The molecule has 1 aromatic rings. The average molecular weight is 292 g/mol. The van der Waals surface area contributed by atoms with Gasteiger partial charge in [0.2, 0.25) is 0 Å². The van der Waals surface area contributed by atoms with Crippen LogP contribution in [0.2, 0.25) is 0 Å². The summed E-state index contributed by atoms with van der Waals surface area (Å²) in [6.45, 7) is 13.0. The van der Waals surface area contributed by atoms with Gasteiger partial charge in [-0.25, -0.2) is 9.97 Å². The van der Waals surface area contributed by atoms with E-state index in [0.717, 1.165) is 19.4 Å². The lowest BCUT2D eigenvalue weighted by molar-refractivity contribution is 0.0896. The van der Waals surface area contributed by atoms with Crippen molar-refractivity contribution in [1.82, 2.24) is 15.3 Å². The zero-order chi connectivity index (χ0) is 16.0. The van der Waals surface area contributed by atoms with Crippen LogP contribution in [0, 0.1) is 0 Å². The summed E-state index contributed by atoms with van der Waals surface area (Å²) in [6.07, 6.45) is 3.47. The fourth-order valence-corrected chi connectivity index (χ4v) is 1.93. The third-order valence-electron chi connectivity index (χ3n) is 3.88. The second-order valence-electron chi connectivity index (χ2n) is 5.90. The van der Waals surface area contributed by atoms with Crippen LogP contribution in [-0.2, 0) is 0 Å². The normalized spacial score (nSPS) is 11.6. The Balaban J connectivity index is 3.13. The molecule has 0 radical (unpaired) electrons.